The van der Waals surface area contributed by atoms with E-state index in [0.29, 0.717) is 0 Å². The van der Waals surface area contributed by atoms with E-state index in [9.17, 15) is 0 Å². The second-order valence-electron chi connectivity index (χ2n) is 3.91. The van der Waals surface area contributed by atoms with E-state index >= 15 is 0 Å². The molecule has 0 aliphatic heterocycles. The van der Waals surface area contributed by atoms with E-state index in [-0.39, 0.29) is 0 Å². The van der Waals surface area contributed by atoms with E-state index in [1.807, 2.05) is 0 Å². The van der Waals surface area contributed by atoms with Gasteiger partial charge in [0.1, 0.15) is 0 Å². The molecule has 1 aliphatic carbocycles. The molecule has 1 saturated carbocycles. The van der Waals surface area contributed by atoms with Crippen molar-refractivity contribution in [3.8, 4) is 0 Å². The molecule has 0 heterocycles. The van der Waals surface area contributed by atoms with Crippen LogP contribution < -0.4 is 0 Å². The average molecular weight is 126 g/mol. The summed E-state index contributed by atoms with van der Waals surface area (Å²) in [6.07, 6.45) is 1.45. The highest BCUT2D eigenvalue weighted by Crippen LogP contribution is 2.40. The topological polar surface area (TPSA) is 0 Å². The number of rotatable bonds is 0. The molecule has 1 aliphatic rings. The zero-order valence-electron chi connectivity index (χ0n) is 7.02. The first-order valence-corrected chi connectivity index (χ1v) is 4.13. The lowest BCUT2D eigenvalue weighted by Gasteiger charge is -2.14. The van der Waals surface area contributed by atoms with Gasteiger partial charge in [0.05, 0.1) is 0 Å². The minimum absolute atomic E-state index is 0.958. The molecule has 0 saturated heterocycles. The van der Waals surface area contributed by atoms with Gasteiger partial charge in [-0.15, -0.1) is 0 Å². The average Bonchev–Trinajstić information content (AvgIpc) is 1.98. The smallest absolute Gasteiger partial charge is 0.0389 e. The Morgan fingerprint density at radius 3 is 1.22 bits per heavy atom. The highest BCUT2D eigenvalue weighted by Gasteiger charge is 2.31. The molecule has 2 unspecified atom stereocenters. The van der Waals surface area contributed by atoms with Crippen LogP contribution in [0.3, 0.4) is 0 Å². The molecule has 0 bridgehead atoms. The second kappa shape index (κ2) is 2.32. The molecule has 0 heteroatoms. The number of hydrogen-bond acceptors (Lipinski definition) is 0. The lowest BCUT2D eigenvalue weighted by Crippen LogP contribution is -2.07. The fourth-order valence-corrected chi connectivity index (χ4v) is 2.05. The predicted octanol–water partition coefficient (Wildman–Crippen LogP) is 2.93. The summed E-state index contributed by atoms with van der Waals surface area (Å²) in [6, 6.07) is 0. The van der Waals surface area contributed by atoms with E-state index in [2.05, 4.69) is 27.7 Å². The molecule has 1 fully saturated rings. The van der Waals surface area contributed by atoms with Gasteiger partial charge < -0.3 is 0 Å². The molecular weight excluding hydrogens is 108 g/mol. The SMILES string of the molecule is CC1C(C)[C@@H](C)C[C@@H]1C. The van der Waals surface area contributed by atoms with Crippen LogP contribution in [0.1, 0.15) is 34.1 Å². The summed E-state index contributed by atoms with van der Waals surface area (Å²) >= 11 is 0. The summed E-state index contributed by atoms with van der Waals surface area (Å²) in [5.74, 6) is 3.85. The van der Waals surface area contributed by atoms with Crippen LogP contribution in [0.15, 0.2) is 0 Å². The highest BCUT2D eigenvalue weighted by atomic mass is 14.4. The van der Waals surface area contributed by atoms with Crippen LogP contribution in [0, 0.1) is 23.7 Å². The van der Waals surface area contributed by atoms with Gasteiger partial charge in [0.2, 0.25) is 0 Å². The lowest BCUT2D eigenvalue weighted by molar-refractivity contribution is 0.352. The summed E-state index contributed by atoms with van der Waals surface area (Å²) in [7, 11) is 0. The van der Waals surface area contributed by atoms with Crippen molar-refractivity contribution in [3.05, 3.63) is 0 Å². The molecule has 0 aromatic heterocycles. The lowest BCUT2D eigenvalue weighted by atomic mass is 9.92. The monoisotopic (exact) mass is 126 g/mol. The first-order valence-electron chi connectivity index (χ1n) is 4.13. The Morgan fingerprint density at radius 2 is 1.11 bits per heavy atom. The number of hydrogen-bond donors (Lipinski definition) is 0. The highest BCUT2D eigenvalue weighted by molar-refractivity contribution is 4.81. The van der Waals surface area contributed by atoms with Crippen molar-refractivity contribution in [2.24, 2.45) is 23.7 Å². The maximum atomic E-state index is 2.39. The summed E-state index contributed by atoms with van der Waals surface area (Å²) in [5, 5.41) is 0. The maximum absolute atomic E-state index is 2.39. The molecule has 0 spiro atoms. The van der Waals surface area contributed by atoms with Crippen LogP contribution in [0.2, 0.25) is 0 Å². The van der Waals surface area contributed by atoms with Gasteiger partial charge in [0, 0.05) is 0 Å². The molecule has 0 nitrogen and oxygen atoms in total. The molecule has 0 N–H and O–H groups in total. The van der Waals surface area contributed by atoms with Crippen molar-refractivity contribution in [2.75, 3.05) is 0 Å². The fourth-order valence-electron chi connectivity index (χ4n) is 2.05. The van der Waals surface area contributed by atoms with Crippen LogP contribution in [-0.2, 0) is 0 Å². The van der Waals surface area contributed by atoms with Gasteiger partial charge in [-0.2, -0.15) is 0 Å². The van der Waals surface area contributed by atoms with Crippen molar-refractivity contribution in [1.29, 1.82) is 0 Å². The Balaban J connectivity index is 2.54. The van der Waals surface area contributed by atoms with E-state index in [1.54, 1.807) is 0 Å². The Labute approximate surface area is 58.7 Å². The molecule has 0 radical (unpaired) electrons. The van der Waals surface area contributed by atoms with Crippen LogP contribution >= 0.6 is 0 Å². The van der Waals surface area contributed by atoms with Crippen molar-refractivity contribution >= 4 is 0 Å². The standard InChI is InChI=1S/C9H18/c1-6-5-7(2)9(4)8(6)3/h6-9H,5H2,1-4H3/t6-,7-,8?,9?/m0/s1. The first kappa shape index (κ1) is 7.11. The molecule has 54 valence electrons. The zero-order valence-corrected chi connectivity index (χ0v) is 7.02. The van der Waals surface area contributed by atoms with Gasteiger partial charge in [-0.05, 0) is 30.1 Å². The Morgan fingerprint density at radius 1 is 0.778 bits per heavy atom. The summed E-state index contributed by atoms with van der Waals surface area (Å²) < 4.78 is 0. The Kier molecular flexibility index (Phi) is 1.83. The molecule has 1 rings (SSSR count). The van der Waals surface area contributed by atoms with Crippen molar-refractivity contribution in [1.82, 2.24) is 0 Å². The molecule has 0 amide bonds. The Bertz CT molecular complexity index is 84.2. The maximum Gasteiger partial charge on any atom is -0.0389 e. The van der Waals surface area contributed by atoms with Crippen LogP contribution in [0.25, 0.3) is 0 Å². The predicted molar refractivity (Wildman–Crippen MR) is 41.3 cm³/mol. The van der Waals surface area contributed by atoms with Gasteiger partial charge in [0.25, 0.3) is 0 Å². The minimum atomic E-state index is 0.958. The summed E-state index contributed by atoms with van der Waals surface area (Å²) in [6.45, 7) is 9.53. The van der Waals surface area contributed by atoms with E-state index in [0.717, 1.165) is 23.7 Å². The van der Waals surface area contributed by atoms with Gasteiger partial charge in [0.15, 0.2) is 0 Å². The van der Waals surface area contributed by atoms with Crippen LogP contribution in [0.4, 0.5) is 0 Å². The molecule has 4 atom stereocenters. The van der Waals surface area contributed by atoms with E-state index < -0.39 is 0 Å². The van der Waals surface area contributed by atoms with E-state index in [4.69, 9.17) is 0 Å². The third kappa shape index (κ3) is 1.12. The van der Waals surface area contributed by atoms with Crippen molar-refractivity contribution in [2.45, 2.75) is 34.1 Å². The third-order valence-corrected chi connectivity index (χ3v) is 3.37. The first-order chi connectivity index (χ1) is 4.13. The normalized spacial score (nSPS) is 52.0. The fraction of sp³-hybridized carbons (Fsp3) is 1.00. The quantitative estimate of drug-likeness (QED) is 0.468. The van der Waals surface area contributed by atoms with Crippen molar-refractivity contribution in [3.63, 3.8) is 0 Å². The van der Waals surface area contributed by atoms with Crippen LogP contribution in [-0.4, -0.2) is 0 Å². The molecule has 0 aromatic rings. The molecule has 9 heavy (non-hydrogen) atoms. The Hall–Kier alpha value is 0. The minimum Gasteiger partial charge on any atom is -0.0622 e. The van der Waals surface area contributed by atoms with Gasteiger partial charge >= 0.3 is 0 Å². The summed E-state index contributed by atoms with van der Waals surface area (Å²) in [4.78, 5) is 0. The van der Waals surface area contributed by atoms with E-state index in [1.165, 1.54) is 6.42 Å². The third-order valence-electron chi connectivity index (χ3n) is 3.37. The van der Waals surface area contributed by atoms with Crippen LogP contribution in [0.5, 0.6) is 0 Å². The van der Waals surface area contributed by atoms with Gasteiger partial charge in [-0.25, -0.2) is 0 Å². The second-order valence-corrected chi connectivity index (χ2v) is 3.91. The molecule has 0 aromatic carbocycles. The van der Waals surface area contributed by atoms with Gasteiger partial charge in [-0.1, -0.05) is 27.7 Å². The van der Waals surface area contributed by atoms with Crippen molar-refractivity contribution < 1.29 is 0 Å². The molecular formula is C9H18. The summed E-state index contributed by atoms with van der Waals surface area (Å²) in [5.41, 5.74) is 0. The largest absolute Gasteiger partial charge is 0.0622 e. The van der Waals surface area contributed by atoms with Gasteiger partial charge in [-0.3, -0.25) is 0 Å². The zero-order chi connectivity index (χ0) is 7.02.